The van der Waals surface area contributed by atoms with Gasteiger partial charge in [0, 0.05) is 4.47 Å². The molecular weight excluding hydrogens is 254 g/mol. The van der Waals surface area contributed by atoms with Crippen LogP contribution in [0.3, 0.4) is 0 Å². The number of rotatable bonds is 3. The van der Waals surface area contributed by atoms with Crippen molar-refractivity contribution in [2.75, 3.05) is 5.48 Å². The molecule has 0 spiro atoms. The van der Waals surface area contributed by atoms with Crippen LogP contribution < -0.4 is 10.3 Å². The van der Waals surface area contributed by atoms with Crippen LogP contribution in [0.2, 0.25) is 0 Å². The van der Waals surface area contributed by atoms with E-state index in [1.807, 2.05) is 54.6 Å². The van der Waals surface area contributed by atoms with Crippen molar-refractivity contribution < 1.29 is 4.84 Å². The Balaban J connectivity index is 1.99. The smallest absolute Gasteiger partial charge is 0.156 e. The third-order valence-electron chi connectivity index (χ3n) is 1.86. The van der Waals surface area contributed by atoms with Crippen LogP contribution >= 0.6 is 15.9 Å². The lowest BCUT2D eigenvalue weighted by molar-refractivity contribution is 0.405. The highest BCUT2D eigenvalue weighted by atomic mass is 79.9. The average molecular weight is 264 g/mol. The van der Waals surface area contributed by atoms with Gasteiger partial charge in [0.25, 0.3) is 0 Å². The Morgan fingerprint density at radius 2 is 1.73 bits per heavy atom. The summed E-state index contributed by atoms with van der Waals surface area (Å²) in [5.41, 5.74) is 3.80. The summed E-state index contributed by atoms with van der Waals surface area (Å²) in [5, 5.41) is 0. The zero-order valence-corrected chi connectivity index (χ0v) is 9.57. The van der Waals surface area contributed by atoms with Gasteiger partial charge in [0.1, 0.15) is 0 Å². The Bertz CT molecular complexity index is 431. The van der Waals surface area contributed by atoms with Crippen LogP contribution in [0.4, 0.5) is 5.69 Å². The lowest BCUT2D eigenvalue weighted by atomic mass is 10.3. The minimum atomic E-state index is 0.772. The SMILES string of the molecule is Brc1cccc(ONc2ccccc2)c1. The molecule has 0 aliphatic rings. The quantitative estimate of drug-likeness (QED) is 0.850. The largest absolute Gasteiger partial charge is 0.382 e. The van der Waals surface area contributed by atoms with Gasteiger partial charge in [0.2, 0.25) is 0 Å². The lowest BCUT2D eigenvalue weighted by Crippen LogP contribution is -2.03. The van der Waals surface area contributed by atoms with Gasteiger partial charge in [-0.05, 0) is 30.3 Å². The number of benzene rings is 2. The van der Waals surface area contributed by atoms with Gasteiger partial charge in [-0.15, -0.1) is 0 Å². The van der Waals surface area contributed by atoms with Crippen LogP contribution in [0.15, 0.2) is 59.1 Å². The summed E-state index contributed by atoms with van der Waals surface area (Å²) in [6, 6.07) is 17.4. The van der Waals surface area contributed by atoms with Crippen molar-refractivity contribution in [3.63, 3.8) is 0 Å². The first-order valence-electron chi connectivity index (χ1n) is 4.58. The lowest BCUT2D eigenvalue weighted by Gasteiger charge is -2.07. The van der Waals surface area contributed by atoms with Crippen LogP contribution in [0, 0.1) is 0 Å². The van der Waals surface area contributed by atoms with Crippen molar-refractivity contribution in [2.45, 2.75) is 0 Å². The predicted octanol–water partition coefficient (Wildman–Crippen LogP) is 3.86. The molecule has 3 heteroatoms. The summed E-state index contributed by atoms with van der Waals surface area (Å²) in [6.07, 6.45) is 0. The molecule has 0 heterocycles. The van der Waals surface area contributed by atoms with Crippen molar-refractivity contribution in [2.24, 2.45) is 0 Å². The zero-order chi connectivity index (χ0) is 10.5. The average Bonchev–Trinajstić information content (AvgIpc) is 2.28. The summed E-state index contributed by atoms with van der Waals surface area (Å²) in [5.74, 6) is 0.772. The summed E-state index contributed by atoms with van der Waals surface area (Å²) < 4.78 is 0.995. The Morgan fingerprint density at radius 3 is 2.47 bits per heavy atom. The van der Waals surface area contributed by atoms with E-state index < -0.39 is 0 Å². The first-order chi connectivity index (χ1) is 7.34. The maximum atomic E-state index is 5.39. The van der Waals surface area contributed by atoms with Gasteiger partial charge in [0.15, 0.2) is 5.75 Å². The molecule has 0 amide bonds. The van der Waals surface area contributed by atoms with Gasteiger partial charge in [0.05, 0.1) is 5.69 Å². The van der Waals surface area contributed by atoms with E-state index in [1.54, 1.807) is 0 Å². The van der Waals surface area contributed by atoms with Crippen LogP contribution in [0.25, 0.3) is 0 Å². The van der Waals surface area contributed by atoms with Crippen molar-refractivity contribution in [3.05, 3.63) is 59.1 Å². The van der Waals surface area contributed by atoms with Crippen LogP contribution in [0.1, 0.15) is 0 Å². The molecule has 76 valence electrons. The summed E-state index contributed by atoms with van der Waals surface area (Å²) in [4.78, 5) is 5.39. The Morgan fingerprint density at radius 1 is 0.933 bits per heavy atom. The molecule has 0 radical (unpaired) electrons. The van der Waals surface area contributed by atoms with E-state index in [4.69, 9.17) is 4.84 Å². The molecule has 0 saturated heterocycles. The third kappa shape index (κ3) is 2.99. The molecule has 1 N–H and O–H groups in total. The van der Waals surface area contributed by atoms with E-state index in [0.29, 0.717) is 0 Å². The van der Waals surface area contributed by atoms with Gasteiger partial charge in [-0.1, -0.05) is 40.2 Å². The normalized spacial score (nSPS) is 9.67. The van der Waals surface area contributed by atoms with E-state index in [1.165, 1.54) is 0 Å². The summed E-state index contributed by atoms with van der Waals surface area (Å²) in [7, 11) is 0. The van der Waals surface area contributed by atoms with Crippen LogP contribution in [0.5, 0.6) is 5.75 Å². The second kappa shape index (κ2) is 4.84. The topological polar surface area (TPSA) is 21.3 Å². The highest BCUT2D eigenvalue weighted by Gasteiger charge is 1.94. The molecule has 2 rings (SSSR count). The standard InChI is InChI=1S/C12H10BrNO/c13-10-5-4-8-12(9-10)15-14-11-6-2-1-3-7-11/h1-9,14H. The first-order valence-corrected chi connectivity index (χ1v) is 5.37. The molecular formula is C12H10BrNO. The van der Waals surface area contributed by atoms with Crippen molar-refractivity contribution in [1.29, 1.82) is 0 Å². The maximum Gasteiger partial charge on any atom is 0.156 e. The monoisotopic (exact) mass is 263 g/mol. The van der Waals surface area contributed by atoms with Gasteiger partial charge in [-0.3, -0.25) is 0 Å². The van der Waals surface area contributed by atoms with Gasteiger partial charge < -0.3 is 4.84 Å². The fourth-order valence-corrected chi connectivity index (χ4v) is 1.53. The molecule has 0 aliphatic carbocycles. The number of para-hydroxylation sites is 1. The van der Waals surface area contributed by atoms with Gasteiger partial charge in [-0.2, -0.15) is 0 Å². The molecule has 0 atom stereocenters. The van der Waals surface area contributed by atoms with Crippen LogP contribution in [-0.2, 0) is 0 Å². The van der Waals surface area contributed by atoms with E-state index >= 15 is 0 Å². The molecule has 2 aromatic rings. The molecule has 0 saturated carbocycles. The second-order valence-electron chi connectivity index (χ2n) is 3.03. The molecule has 2 aromatic carbocycles. The predicted molar refractivity (Wildman–Crippen MR) is 64.8 cm³/mol. The number of hydrogen-bond donors (Lipinski definition) is 1. The number of nitrogens with one attached hydrogen (secondary N) is 1. The zero-order valence-electron chi connectivity index (χ0n) is 7.98. The van der Waals surface area contributed by atoms with Crippen molar-refractivity contribution in [1.82, 2.24) is 0 Å². The minimum Gasteiger partial charge on any atom is -0.382 e. The molecule has 0 unspecified atom stereocenters. The number of anilines is 1. The molecule has 0 aromatic heterocycles. The van der Waals surface area contributed by atoms with E-state index in [2.05, 4.69) is 21.4 Å². The summed E-state index contributed by atoms with van der Waals surface area (Å²) in [6.45, 7) is 0. The number of hydrogen-bond acceptors (Lipinski definition) is 2. The molecule has 0 bridgehead atoms. The van der Waals surface area contributed by atoms with E-state index in [9.17, 15) is 0 Å². The van der Waals surface area contributed by atoms with Crippen molar-refractivity contribution in [3.8, 4) is 5.75 Å². The minimum absolute atomic E-state index is 0.772. The van der Waals surface area contributed by atoms with Gasteiger partial charge in [-0.25, -0.2) is 5.48 Å². The Kier molecular flexibility index (Phi) is 3.25. The highest BCUT2D eigenvalue weighted by Crippen LogP contribution is 2.18. The fraction of sp³-hybridized carbons (Fsp3) is 0. The fourth-order valence-electron chi connectivity index (χ4n) is 1.15. The molecule has 0 aliphatic heterocycles. The maximum absolute atomic E-state index is 5.39. The second-order valence-corrected chi connectivity index (χ2v) is 3.94. The van der Waals surface area contributed by atoms with Crippen LogP contribution in [-0.4, -0.2) is 0 Å². The molecule has 2 nitrogen and oxygen atoms in total. The van der Waals surface area contributed by atoms with E-state index in [0.717, 1.165) is 15.9 Å². The first kappa shape index (κ1) is 10.1. The molecule has 15 heavy (non-hydrogen) atoms. The molecule has 0 fully saturated rings. The van der Waals surface area contributed by atoms with E-state index in [-0.39, 0.29) is 0 Å². The van der Waals surface area contributed by atoms with Gasteiger partial charge >= 0.3 is 0 Å². The third-order valence-corrected chi connectivity index (χ3v) is 2.35. The Hall–Kier alpha value is -1.48. The number of halogens is 1. The summed E-state index contributed by atoms with van der Waals surface area (Å²) >= 11 is 3.38. The van der Waals surface area contributed by atoms with Crippen molar-refractivity contribution >= 4 is 21.6 Å². The Labute approximate surface area is 97.0 Å². The highest BCUT2D eigenvalue weighted by molar-refractivity contribution is 9.10.